The van der Waals surface area contributed by atoms with Crippen molar-refractivity contribution < 1.29 is 14.7 Å². The molecular weight excluding hydrogens is 234 g/mol. The van der Waals surface area contributed by atoms with Crippen molar-refractivity contribution in [2.45, 2.75) is 26.4 Å². The van der Waals surface area contributed by atoms with E-state index in [1.54, 1.807) is 19.9 Å². The molecule has 6 heteroatoms. The molecule has 0 saturated carbocycles. The normalized spacial score (nSPS) is 13.7. The maximum absolute atomic E-state index is 11.6. The predicted molar refractivity (Wildman–Crippen MR) is 65.9 cm³/mol. The number of carbonyl (C=O) groups is 2. The van der Waals surface area contributed by atoms with Crippen LogP contribution in [0.4, 0.5) is 0 Å². The fraction of sp³-hybridized carbons (Fsp3) is 0.417. The first kappa shape index (κ1) is 14.1. The van der Waals surface area contributed by atoms with Crippen molar-refractivity contribution in [2.24, 2.45) is 11.7 Å². The molecule has 0 aliphatic heterocycles. The lowest BCUT2D eigenvalue weighted by atomic mass is 10.0. The van der Waals surface area contributed by atoms with Crippen molar-refractivity contribution in [2.75, 3.05) is 0 Å². The molecule has 1 amide bonds. The van der Waals surface area contributed by atoms with Crippen molar-refractivity contribution in [3.63, 3.8) is 0 Å². The number of hydrogen-bond donors (Lipinski definition) is 3. The Morgan fingerprint density at radius 1 is 1.44 bits per heavy atom. The van der Waals surface area contributed by atoms with E-state index in [-0.39, 0.29) is 23.6 Å². The smallest absolute Gasteiger partial charge is 0.354 e. The van der Waals surface area contributed by atoms with Gasteiger partial charge in [-0.25, -0.2) is 9.78 Å². The van der Waals surface area contributed by atoms with Crippen molar-refractivity contribution >= 4 is 11.9 Å². The van der Waals surface area contributed by atoms with Crippen LogP contribution in [0, 0.1) is 5.92 Å². The fourth-order valence-electron chi connectivity index (χ4n) is 1.24. The summed E-state index contributed by atoms with van der Waals surface area (Å²) in [6, 6.07) is 2.81. The number of carbonyl (C=O) groups excluding carboxylic acids is 1. The van der Waals surface area contributed by atoms with E-state index in [0.717, 1.165) is 5.56 Å². The number of carboxylic acids is 1. The molecule has 0 radical (unpaired) electrons. The van der Waals surface area contributed by atoms with Crippen LogP contribution in [0.25, 0.3) is 0 Å². The van der Waals surface area contributed by atoms with E-state index in [2.05, 4.69) is 10.3 Å². The van der Waals surface area contributed by atoms with Gasteiger partial charge in [-0.2, -0.15) is 0 Å². The molecule has 0 aliphatic rings. The number of nitrogens with one attached hydrogen (secondary N) is 1. The van der Waals surface area contributed by atoms with Gasteiger partial charge in [0.05, 0.1) is 0 Å². The summed E-state index contributed by atoms with van der Waals surface area (Å²) >= 11 is 0. The number of nitrogens with two attached hydrogens (primary N) is 1. The molecule has 0 aromatic carbocycles. The van der Waals surface area contributed by atoms with E-state index in [4.69, 9.17) is 10.8 Å². The summed E-state index contributed by atoms with van der Waals surface area (Å²) in [5.74, 6) is -1.47. The highest BCUT2D eigenvalue weighted by molar-refractivity contribution is 5.85. The van der Waals surface area contributed by atoms with E-state index in [1.807, 2.05) is 0 Å². The highest BCUT2D eigenvalue weighted by Gasteiger charge is 2.16. The first-order valence-corrected chi connectivity index (χ1v) is 5.63. The molecule has 0 bridgehead atoms. The second kappa shape index (κ2) is 6.11. The number of amides is 1. The standard InChI is InChI=1S/C12H17N3O3/c1-7(8(2)13)11(16)15-6-9-3-4-10(12(17)18)14-5-9/h3-5,7-8H,6,13H2,1-2H3,(H,15,16)(H,17,18). The Balaban J connectivity index is 2.54. The van der Waals surface area contributed by atoms with Crippen molar-refractivity contribution in [3.8, 4) is 0 Å². The zero-order valence-corrected chi connectivity index (χ0v) is 10.4. The van der Waals surface area contributed by atoms with Crippen molar-refractivity contribution in [3.05, 3.63) is 29.6 Å². The Morgan fingerprint density at radius 3 is 2.56 bits per heavy atom. The van der Waals surface area contributed by atoms with Gasteiger partial charge in [-0.1, -0.05) is 13.0 Å². The monoisotopic (exact) mass is 251 g/mol. The number of nitrogens with zero attached hydrogens (tertiary/aromatic N) is 1. The topological polar surface area (TPSA) is 105 Å². The molecule has 0 aliphatic carbocycles. The van der Waals surface area contributed by atoms with E-state index in [1.165, 1.54) is 12.3 Å². The molecule has 0 spiro atoms. The van der Waals surface area contributed by atoms with Crippen LogP contribution in [0.2, 0.25) is 0 Å². The van der Waals surface area contributed by atoms with Crippen LogP contribution >= 0.6 is 0 Å². The molecule has 0 fully saturated rings. The molecule has 18 heavy (non-hydrogen) atoms. The van der Waals surface area contributed by atoms with Gasteiger partial charge in [0.15, 0.2) is 0 Å². The summed E-state index contributed by atoms with van der Waals surface area (Å²) in [5.41, 5.74) is 6.34. The van der Waals surface area contributed by atoms with E-state index >= 15 is 0 Å². The van der Waals surface area contributed by atoms with E-state index < -0.39 is 5.97 Å². The largest absolute Gasteiger partial charge is 0.477 e. The zero-order valence-electron chi connectivity index (χ0n) is 10.4. The average Bonchev–Trinajstić information content (AvgIpc) is 2.35. The van der Waals surface area contributed by atoms with Crippen LogP contribution in [-0.4, -0.2) is 28.0 Å². The summed E-state index contributed by atoms with van der Waals surface area (Å²) in [5, 5.41) is 11.4. The highest BCUT2D eigenvalue weighted by Crippen LogP contribution is 2.03. The Hall–Kier alpha value is -1.95. The van der Waals surface area contributed by atoms with Gasteiger partial charge in [0.1, 0.15) is 5.69 Å². The molecule has 1 rings (SSSR count). The number of pyridine rings is 1. The average molecular weight is 251 g/mol. The van der Waals surface area contributed by atoms with Crippen LogP contribution in [0.3, 0.4) is 0 Å². The van der Waals surface area contributed by atoms with Gasteiger partial charge in [0.2, 0.25) is 5.91 Å². The number of hydrogen-bond acceptors (Lipinski definition) is 4. The lowest BCUT2D eigenvalue weighted by molar-refractivity contribution is -0.125. The van der Waals surface area contributed by atoms with Crippen molar-refractivity contribution in [1.82, 2.24) is 10.3 Å². The first-order chi connectivity index (χ1) is 8.41. The summed E-state index contributed by atoms with van der Waals surface area (Å²) in [7, 11) is 0. The van der Waals surface area contributed by atoms with E-state index in [9.17, 15) is 9.59 Å². The van der Waals surface area contributed by atoms with Crippen LogP contribution in [0.1, 0.15) is 29.9 Å². The SMILES string of the molecule is CC(N)C(C)C(=O)NCc1ccc(C(=O)O)nc1. The Kier molecular flexibility index (Phi) is 4.79. The molecule has 1 heterocycles. The quantitative estimate of drug-likeness (QED) is 0.701. The Bertz CT molecular complexity index is 429. The van der Waals surface area contributed by atoms with Gasteiger partial charge in [-0.05, 0) is 18.6 Å². The highest BCUT2D eigenvalue weighted by atomic mass is 16.4. The lowest BCUT2D eigenvalue weighted by Crippen LogP contribution is -2.38. The third kappa shape index (κ3) is 3.81. The number of carboxylic acid groups (broad SMARTS) is 1. The third-order valence-electron chi connectivity index (χ3n) is 2.71. The molecule has 0 saturated heterocycles. The minimum atomic E-state index is -1.07. The molecule has 2 unspecified atom stereocenters. The van der Waals surface area contributed by atoms with Crippen LogP contribution in [-0.2, 0) is 11.3 Å². The molecule has 1 aromatic rings. The maximum Gasteiger partial charge on any atom is 0.354 e. The van der Waals surface area contributed by atoms with Gasteiger partial charge in [0, 0.05) is 24.7 Å². The van der Waals surface area contributed by atoms with Gasteiger partial charge >= 0.3 is 5.97 Å². The van der Waals surface area contributed by atoms with Gasteiger partial charge in [-0.15, -0.1) is 0 Å². The number of aromatic nitrogens is 1. The van der Waals surface area contributed by atoms with E-state index in [0.29, 0.717) is 6.54 Å². The lowest BCUT2D eigenvalue weighted by Gasteiger charge is -2.15. The van der Waals surface area contributed by atoms with Crippen LogP contribution in [0.15, 0.2) is 18.3 Å². The summed E-state index contributed by atoms with van der Waals surface area (Å²) in [6.45, 7) is 3.84. The first-order valence-electron chi connectivity index (χ1n) is 5.63. The van der Waals surface area contributed by atoms with Gasteiger partial charge in [0.25, 0.3) is 0 Å². The molecule has 6 nitrogen and oxygen atoms in total. The molecule has 1 aromatic heterocycles. The summed E-state index contributed by atoms with van der Waals surface area (Å²) < 4.78 is 0. The number of rotatable bonds is 5. The van der Waals surface area contributed by atoms with Gasteiger partial charge in [-0.3, -0.25) is 4.79 Å². The fourth-order valence-corrected chi connectivity index (χ4v) is 1.24. The summed E-state index contributed by atoms with van der Waals surface area (Å²) in [4.78, 5) is 26.0. The second-order valence-corrected chi connectivity index (χ2v) is 4.22. The molecule has 4 N–H and O–H groups in total. The minimum Gasteiger partial charge on any atom is -0.477 e. The van der Waals surface area contributed by atoms with Crippen LogP contribution in [0.5, 0.6) is 0 Å². The maximum atomic E-state index is 11.6. The van der Waals surface area contributed by atoms with Gasteiger partial charge < -0.3 is 16.2 Å². The Morgan fingerprint density at radius 2 is 2.11 bits per heavy atom. The van der Waals surface area contributed by atoms with Crippen LogP contribution < -0.4 is 11.1 Å². The Labute approximate surface area is 105 Å². The third-order valence-corrected chi connectivity index (χ3v) is 2.71. The van der Waals surface area contributed by atoms with Crippen molar-refractivity contribution in [1.29, 1.82) is 0 Å². The summed E-state index contributed by atoms with van der Waals surface area (Å²) in [6.07, 6.45) is 1.43. The zero-order chi connectivity index (χ0) is 13.7. The molecular formula is C12H17N3O3. The second-order valence-electron chi connectivity index (χ2n) is 4.22. The minimum absolute atomic E-state index is 0.0194. The number of aromatic carboxylic acids is 1. The molecule has 2 atom stereocenters. The molecule has 98 valence electrons. The predicted octanol–water partition coefficient (Wildman–Crippen LogP) is 0.379.